The van der Waals surface area contributed by atoms with Gasteiger partial charge in [0.05, 0.1) is 4.90 Å². The molecule has 0 aliphatic carbocycles. The Morgan fingerprint density at radius 3 is 2.16 bits per heavy atom. The van der Waals surface area contributed by atoms with Crippen LogP contribution >= 0.6 is 0 Å². The third-order valence-corrected chi connectivity index (χ3v) is 3.34. The summed E-state index contributed by atoms with van der Waals surface area (Å²) in [5.41, 5.74) is 0.658. The van der Waals surface area contributed by atoms with Crippen molar-refractivity contribution < 1.29 is 13.2 Å². The molecule has 0 radical (unpaired) electrons. The number of carbonyl (C=O) groups excluding carboxylic acids is 1. The Hall–Kier alpha value is -1.40. The minimum atomic E-state index is -3.65. The molecule has 0 aliphatic rings. The number of hydrogen-bond acceptors (Lipinski definition) is 3. The second-order valence-corrected chi connectivity index (χ2v) is 7.05. The highest BCUT2D eigenvalue weighted by Gasteiger charge is 2.13. The first-order valence-electron chi connectivity index (χ1n) is 6.01. The molecule has 1 aromatic carbocycles. The molecule has 0 fully saturated rings. The Bertz CT molecular complexity index is 542. The number of hydrogen-bond donors (Lipinski definition) is 2. The van der Waals surface area contributed by atoms with Gasteiger partial charge in [-0.2, -0.15) is 0 Å². The third-order valence-electron chi connectivity index (χ3n) is 2.41. The van der Waals surface area contributed by atoms with E-state index >= 15 is 0 Å². The van der Waals surface area contributed by atoms with E-state index < -0.39 is 10.0 Å². The second-order valence-electron chi connectivity index (χ2n) is 5.49. The number of carbonyl (C=O) groups is 1. The van der Waals surface area contributed by atoms with Gasteiger partial charge in [-0.3, -0.25) is 4.79 Å². The predicted molar refractivity (Wildman–Crippen MR) is 74.0 cm³/mol. The molecule has 5 nitrogen and oxygen atoms in total. The molecule has 0 unspecified atom stereocenters. The summed E-state index contributed by atoms with van der Waals surface area (Å²) in [5.74, 6) is -0.0250. The SMILES string of the molecule is CC(C)(C)NC(=O)CCc1ccc(S(N)(=O)=O)cc1. The number of benzene rings is 1. The van der Waals surface area contributed by atoms with Crippen molar-refractivity contribution in [2.45, 2.75) is 44.0 Å². The molecule has 1 rings (SSSR count). The van der Waals surface area contributed by atoms with Gasteiger partial charge in [-0.1, -0.05) is 12.1 Å². The highest BCUT2D eigenvalue weighted by molar-refractivity contribution is 7.89. The zero-order valence-electron chi connectivity index (χ0n) is 11.4. The van der Waals surface area contributed by atoms with Gasteiger partial charge < -0.3 is 5.32 Å². The number of sulfonamides is 1. The average molecular weight is 284 g/mol. The van der Waals surface area contributed by atoms with Gasteiger partial charge >= 0.3 is 0 Å². The molecule has 0 atom stereocenters. The van der Waals surface area contributed by atoms with Crippen LogP contribution in [-0.2, 0) is 21.2 Å². The summed E-state index contributed by atoms with van der Waals surface area (Å²) in [4.78, 5) is 11.7. The van der Waals surface area contributed by atoms with Crippen molar-refractivity contribution in [1.82, 2.24) is 5.32 Å². The normalized spacial score (nSPS) is 12.2. The van der Waals surface area contributed by atoms with E-state index in [1.54, 1.807) is 12.1 Å². The fraction of sp³-hybridized carbons (Fsp3) is 0.462. The van der Waals surface area contributed by atoms with Gasteiger partial charge in [0.2, 0.25) is 15.9 Å². The fourth-order valence-corrected chi connectivity index (χ4v) is 2.10. The standard InChI is InChI=1S/C13H20N2O3S/c1-13(2,3)15-12(16)9-6-10-4-7-11(8-5-10)19(14,17)18/h4-5,7-8H,6,9H2,1-3H3,(H,15,16)(H2,14,17,18). The van der Waals surface area contributed by atoms with E-state index in [2.05, 4.69) is 5.32 Å². The number of rotatable bonds is 4. The number of nitrogens with one attached hydrogen (secondary N) is 1. The number of primary sulfonamides is 1. The second kappa shape index (κ2) is 5.71. The molecule has 0 aromatic heterocycles. The molecule has 0 aliphatic heterocycles. The average Bonchev–Trinajstić information content (AvgIpc) is 2.23. The Kier molecular flexibility index (Phi) is 4.70. The molecule has 0 heterocycles. The number of amides is 1. The summed E-state index contributed by atoms with van der Waals surface area (Å²) >= 11 is 0. The van der Waals surface area contributed by atoms with Crippen LogP contribution in [0.25, 0.3) is 0 Å². The summed E-state index contributed by atoms with van der Waals surface area (Å²) in [6, 6.07) is 6.24. The molecule has 0 saturated heterocycles. The molecule has 106 valence electrons. The first kappa shape index (κ1) is 15.7. The van der Waals surface area contributed by atoms with Crippen molar-refractivity contribution in [2.75, 3.05) is 0 Å². The number of nitrogens with two attached hydrogens (primary N) is 1. The zero-order valence-corrected chi connectivity index (χ0v) is 12.3. The maximum atomic E-state index is 11.6. The molecule has 0 saturated carbocycles. The van der Waals surface area contributed by atoms with Crippen LogP contribution in [0.1, 0.15) is 32.8 Å². The monoisotopic (exact) mass is 284 g/mol. The van der Waals surface area contributed by atoms with Gasteiger partial charge in [-0.15, -0.1) is 0 Å². The van der Waals surface area contributed by atoms with Crippen LogP contribution in [0.3, 0.4) is 0 Å². The quantitative estimate of drug-likeness (QED) is 0.870. The highest BCUT2D eigenvalue weighted by atomic mass is 32.2. The van der Waals surface area contributed by atoms with E-state index in [0.717, 1.165) is 5.56 Å². The molecular formula is C13H20N2O3S. The molecule has 1 amide bonds. The van der Waals surface area contributed by atoms with Crippen molar-refractivity contribution in [3.05, 3.63) is 29.8 Å². The van der Waals surface area contributed by atoms with E-state index in [9.17, 15) is 13.2 Å². The Morgan fingerprint density at radius 1 is 1.21 bits per heavy atom. The summed E-state index contributed by atoms with van der Waals surface area (Å²) < 4.78 is 22.2. The van der Waals surface area contributed by atoms with Gasteiger partial charge in [0.25, 0.3) is 0 Å². The lowest BCUT2D eigenvalue weighted by molar-refractivity contribution is -0.122. The Morgan fingerprint density at radius 2 is 1.74 bits per heavy atom. The van der Waals surface area contributed by atoms with E-state index in [1.165, 1.54) is 12.1 Å². The van der Waals surface area contributed by atoms with Gasteiger partial charge in [0, 0.05) is 12.0 Å². The summed E-state index contributed by atoms with van der Waals surface area (Å²) in [5, 5.41) is 7.88. The minimum absolute atomic E-state index is 0.0250. The molecule has 0 spiro atoms. The van der Waals surface area contributed by atoms with Crippen LogP contribution in [0, 0.1) is 0 Å². The third kappa shape index (κ3) is 5.85. The van der Waals surface area contributed by atoms with Gasteiger partial charge in [-0.25, -0.2) is 13.6 Å². The maximum absolute atomic E-state index is 11.6. The molecule has 19 heavy (non-hydrogen) atoms. The lowest BCUT2D eigenvalue weighted by Gasteiger charge is -2.20. The summed E-state index contributed by atoms with van der Waals surface area (Å²) in [6.07, 6.45) is 0.929. The Balaban J connectivity index is 2.58. The van der Waals surface area contributed by atoms with E-state index in [1.807, 2.05) is 20.8 Å². The van der Waals surface area contributed by atoms with Crippen molar-refractivity contribution in [3.63, 3.8) is 0 Å². The van der Waals surface area contributed by atoms with E-state index in [4.69, 9.17) is 5.14 Å². The molecule has 6 heteroatoms. The molecular weight excluding hydrogens is 264 g/mol. The minimum Gasteiger partial charge on any atom is -0.351 e. The molecule has 3 N–H and O–H groups in total. The largest absolute Gasteiger partial charge is 0.351 e. The fourth-order valence-electron chi connectivity index (χ4n) is 1.58. The first-order chi connectivity index (χ1) is 8.58. The van der Waals surface area contributed by atoms with Gasteiger partial charge in [0.1, 0.15) is 0 Å². The highest BCUT2D eigenvalue weighted by Crippen LogP contribution is 2.10. The van der Waals surface area contributed by atoms with Crippen molar-refractivity contribution in [1.29, 1.82) is 0 Å². The van der Waals surface area contributed by atoms with Crippen molar-refractivity contribution in [3.8, 4) is 0 Å². The Labute approximate surface area is 114 Å². The lowest BCUT2D eigenvalue weighted by atomic mass is 10.1. The van der Waals surface area contributed by atoms with Crippen LogP contribution < -0.4 is 10.5 Å². The summed E-state index contributed by atoms with van der Waals surface area (Å²) in [7, 11) is -3.65. The maximum Gasteiger partial charge on any atom is 0.238 e. The van der Waals surface area contributed by atoms with Crippen LogP contribution in [0.2, 0.25) is 0 Å². The zero-order chi connectivity index (χ0) is 14.7. The van der Waals surface area contributed by atoms with Crippen molar-refractivity contribution >= 4 is 15.9 Å². The molecule has 0 bridgehead atoms. The van der Waals surface area contributed by atoms with Crippen LogP contribution in [0.5, 0.6) is 0 Å². The van der Waals surface area contributed by atoms with E-state index in [0.29, 0.717) is 12.8 Å². The molecule has 1 aromatic rings. The summed E-state index contributed by atoms with van der Waals surface area (Å²) in [6.45, 7) is 5.77. The predicted octanol–water partition coefficient (Wildman–Crippen LogP) is 1.18. The van der Waals surface area contributed by atoms with Gasteiger partial charge in [-0.05, 0) is 44.9 Å². The van der Waals surface area contributed by atoms with Crippen LogP contribution in [0.15, 0.2) is 29.2 Å². The lowest BCUT2D eigenvalue weighted by Crippen LogP contribution is -2.40. The van der Waals surface area contributed by atoms with Crippen LogP contribution in [-0.4, -0.2) is 19.9 Å². The first-order valence-corrected chi connectivity index (χ1v) is 7.55. The van der Waals surface area contributed by atoms with E-state index in [-0.39, 0.29) is 16.3 Å². The van der Waals surface area contributed by atoms with Gasteiger partial charge in [0.15, 0.2) is 0 Å². The van der Waals surface area contributed by atoms with Crippen LogP contribution in [0.4, 0.5) is 0 Å². The van der Waals surface area contributed by atoms with Crippen molar-refractivity contribution in [2.24, 2.45) is 5.14 Å². The smallest absolute Gasteiger partial charge is 0.238 e. The number of aryl methyl sites for hydroxylation is 1. The topological polar surface area (TPSA) is 89.3 Å².